The van der Waals surface area contributed by atoms with Crippen LogP contribution in [0.5, 0.6) is 0 Å². The summed E-state index contributed by atoms with van der Waals surface area (Å²) < 4.78 is 16.4. The summed E-state index contributed by atoms with van der Waals surface area (Å²) in [4.78, 5) is 12.2. The molecule has 136 valence electrons. The van der Waals surface area contributed by atoms with E-state index in [9.17, 15) is 9.18 Å². The molecule has 2 N–H and O–H groups in total. The first-order valence-electron chi connectivity index (χ1n) is 8.11. The van der Waals surface area contributed by atoms with E-state index in [-0.39, 0.29) is 24.1 Å². The van der Waals surface area contributed by atoms with Gasteiger partial charge in [-0.1, -0.05) is 15.9 Å². The predicted octanol–water partition coefficient (Wildman–Crippen LogP) is 3.10. The number of carbonyl (C=O) groups excluding carboxylic acids is 1. The Labute approximate surface area is 160 Å². The topological polar surface area (TPSA) is 59.0 Å². The number of benzene rings is 1. The standard InChI is InChI=1S/C17H20BrFN4O.ClH/c18-13-3-4-15(19)12(10-13)5-8-21-17(24)16-6-9-23(22-16)14-2-1-7-20-11-14;/h3-4,6,9-10,14,20H,1-2,5,7-8,11H2,(H,21,24);1H. The molecule has 1 aromatic carbocycles. The predicted molar refractivity (Wildman–Crippen MR) is 101 cm³/mol. The van der Waals surface area contributed by atoms with Crippen LogP contribution in [0.25, 0.3) is 0 Å². The maximum Gasteiger partial charge on any atom is 0.271 e. The van der Waals surface area contributed by atoms with Crippen LogP contribution in [-0.4, -0.2) is 35.3 Å². The van der Waals surface area contributed by atoms with Gasteiger partial charge < -0.3 is 10.6 Å². The van der Waals surface area contributed by atoms with Crippen LogP contribution in [0.3, 0.4) is 0 Å². The average Bonchev–Trinajstić information content (AvgIpc) is 3.09. The number of nitrogens with zero attached hydrogens (tertiary/aromatic N) is 2. The van der Waals surface area contributed by atoms with Crippen LogP contribution in [0.15, 0.2) is 34.9 Å². The van der Waals surface area contributed by atoms with Gasteiger partial charge in [0.15, 0.2) is 0 Å². The average molecular weight is 432 g/mol. The van der Waals surface area contributed by atoms with Gasteiger partial charge in [-0.15, -0.1) is 12.4 Å². The number of aromatic nitrogens is 2. The summed E-state index contributed by atoms with van der Waals surface area (Å²) in [6.45, 7) is 2.28. The molecule has 0 bridgehead atoms. The number of amides is 1. The Hall–Kier alpha value is -1.44. The molecule has 1 aliphatic rings. The summed E-state index contributed by atoms with van der Waals surface area (Å²) in [5.41, 5.74) is 0.971. The third-order valence-electron chi connectivity index (χ3n) is 4.17. The van der Waals surface area contributed by atoms with E-state index in [2.05, 4.69) is 31.7 Å². The van der Waals surface area contributed by atoms with Crippen LogP contribution >= 0.6 is 28.3 Å². The first-order chi connectivity index (χ1) is 11.6. The molecule has 1 saturated heterocycles. The fraction of sp³-hybridized carbons (Fsp3) is 0.412. The lowest BCUT2D eigenvalue weighted by Gasteiger charge is -2.22. The molecule has 0 saturated carbocycles. The highest BCUT2D eigenvalue weighted by molar-refractivity contribution is 9.10. The summed E-state index contributed by atoms with van der Waals surface area (Å²) in [5, 5.41) is 10.5. The normalized spacial score (nSPS) is 17.0. The second kappa shape index (κ2) is 9.31. The van der Waals surface area contributed by atoms with Crippen molar-refractivity contribution in [1.82, 2.24) is 20.4 Å². The van der Waals surface area contributed by atoms with Crippen molar-refractivity contribution in [3.63, 3.8) is 0 Å². The van der Waals surface area contributed by atoms with E-state index in [1.54, 1.807) is 18.2 Å². The lowest BCUT2D eigenvalue weighted by atomic mass is 10.1. The largest absolute Gasteiger partial charge is 0.350 e. The van der Waals surface area contributed by atoms with Gasteiger partial charge in [0.25, 0.3) is 5.91 Å². The first-order valence-corrected chi connectivity index (χ1v) is 8.91. The molecule has 5 nitrogen and oxygen atoms in total. The highest BCUT2D eigenvalue weighted by atomic mass is 79.9. The molecule has 25 heavy (non-hydrogen) atoms. The molecule has 2 heterocycles. The molecule has 0 aliphatic carbocycles. The molecule has 1 fully saturated rings. The molecular formula is C17H21BrClFN4O. The Balaban J connectivity index is 0.00000225. The zero-order valence-electron chi connectivity index (χ0n) is 13.7. The van der Waals surface area contributed by atoms with Gasteiger partial charge in [-0.2, -0.15) is 5.10 Å². The maximum absolute atomic E-state index is 13.7. The number of carbonyl (C=O) groups is 1. The summed E-state index contributed by atoms with van der Waals surface area (Å²) in [6, 6.07) is 6.83. The molecular weight excluding hydrogens is 411 g/mol. The summed E-state index contributed by atoms with van der Waals surface area (Å²) in [7, 11) is 0. The first kappa shape index (κ1) is 19.9. The van der Waals surface area contributed by atoms with Crippen molar-refractivity contribution >= 4 is 34.2 Å². The molecule has 2 aromatic rings. The minimum Gasteiger partial charge on any atom is -0.350 e. The second-order valence-electron chi connectivity index (χ2n) is 5.92. The summed E-state index contributed by atoms with van der Waals surface area (Å²) >= 11 is 3.32. The van der Waals surface area contributed by atoms with Crippen LogP contribution in [0.2, 0.25) is 0 Å². The zero-order chi connectivity index (χ0) is 16.9. The van der Waals surface area contributed by atoms with Gasteiger partial charge in [-0.3, -0.25) is 9.48 Å². The van der Waals surface area contributed by atoms with E-state index in [0.717, 1.165) is 30.4 Å². The van der Waals surface area contributed by atoms with Crippen LogP contribution in [0.4, 0.5) is 4.39 Å². The third-order valence-corrected chi connectivity index (χ3v) is 4.67. The zero-order valence-corrected chi connectivity index (χ0v) is 16.1. The lowest BCUT2D eigenvalue weighted by Crippen LogP contribution is -2.32. The van der Waals surface area contributed by atoms with Crippen molar-refractivity contribution < 1.29 is 9.18 Å². The summed E-state index contributed by atoms with van der Waals surface area (Å²) in [6.07, 6.45) is 4.47. The molecule has 1 aromatic heterocycles. The minimum atomic E-state index is -0.262. The van der Waals surface area contributed by atoms with Gasteiger partial charge in [0.1, 0.15) is 11.5 Å². The van der Waals surface area contributed by atoms with E-state index < -0.39 is 0 Å². The van der Waals surface area contributed by atoms with E-state index in [0.29, 0.717) is 30.3 Å². The quantitative estimate of drug-likeness (QED) is 0.765. The number of hydrogen-bond acceptors (Lipinski definition) is 3. The van der Waals surface area contributed by atoms with Crippen molar-refractivity contribution in [3.05, 3.63) is 52.0 Å². The second-order valence-corrected chi connectivity index (χ2v) is 6.84. The monoisotopic (exact) mass is 430 g/mol. The highest BCUT2D eigenvalue weighted by Gasteiger charge is 2.17. The van der Waals surface area contributed by atoms with Gasteiger partial charge >= 0.3 is 0 Å². The molecule has 0 spiro atoms. The Morgan fingerprint density at radius 1 is 1.44 bits per heavy atom. The molecule has 1 aliphatic heterocycles. The Morgan fingerprint density at radius 2 is 2.28 bits per heavy atom. The number of piperidine rings is 1. The molecule has 1 unspecified atom stereocenters. The van der Waals surface area contributed by atoms with Crippen LogP contribution in [-0.2, 0) is 6.42 Å². The smallest absolute Gasteiger partial charge is 0.271 e. The fourth-order valence-electron chi connectivity index (χ4n) is 2.86. The van der Waals surface area contributed by atoms with Gasteiger partial charge in [0.05, 0.1) is 6.04 Å². The summed E-state index contributed by atoms with van der Waals surface area (Å²) in [5.74, 6) is -0.491. The number of rotatable bonds is 5. The van der Waals surface area contributed by atoms with Gasteiger partial charge in [-0.25, -0.2) is 4.39 Å². The van der Waals surface area contributed by atoms with Crippen LogP contribution in [0, 0.1) is 5.82 Å². The molecule has 1 atom stereocenters. The SMILES string of the molecule is Cl.O=C(NCCc1cc(Br)ccc1F)c1ccn(C2CCCNC2)n1. The Bertz CT molecular complexity index is 718. The van der Waals surface area contributed by atoms with Crippen LogP contribution in [0.1, 0.15) is 34.9 Å². The Morgan fingerprint density at radius 3 is 3.04 bits per heavy atom. The van der Waals surface area contributed by atoms with Crippen LogP contribution < -0.4 is 10.6 Å². The van der Waals surface area contributed by atoms with Gasteiger partial charge in [0, 0.05) is 23.8 Å². The number of hydrogen-bond donors (Lipinski definition) is 2. The molecule has 3 rings (SSSR count). The van der Waals surface area contributed by atoms with E-state index in [4.69, 9.17) is 0 Å². The van der Waals surface area contributed by atoms with E-state index in [1.807, 2.05) is 10.9 Å². The number of nitrogens with one attached hydrogen (secondary N) is 2. The van der Waals surface area contributed by atoms with E-state index in [1.165, 1.54) is 6.07 Å². The Kier molecular flexibility index (Phi) is 7.40. The van der Waals surface area contributed by atoms with Crippen molar-refractivity contribution in [1.29, 1.82) is 0 Å². The molecule has 0 radical (unpaired) electrons. The van der Waals surface area contributed by atoms with Crippen molar-refractivity contribution in [3.8, 4) is 0 Å². The molecule has 8 heteroatoms. The van der Waals surface area contributed by atoms with Gasteiger partial charge in [-0.05, 0) is 55.6 Å². The van der Waals surface area contributed by atoms with Crippen molar-refractivity contribution in [2.75, 3.05) is 19.6 Å². The highest BCUT2D eigenvalue weighted by Crippen LogP contribution is 2.17. The van der Waals surface area contributed by atoms with Crippen molar-refractivity contribution in [2.45, 2.75) is 25.3 Å². The maximum atomic E-state index is 13.7. The van der Waals surface area contributed by atoms with Gasteiger partial charge in [0.2, 0.25) is 0 Å². The third kappa shape index (κ3) is 5.26. The number of halogens is 3. The van der Waals surface area contributed by atoms with Crippen molar-refractivity contribution in [2.24, 2.45) is 0 Å². The minimum absolute atomic E-state index is 0. The lowest BCUT2D eigenvalue weighted by molar-refractivity contribution is 0.0947. The van der Waals surface area contributed by atoms with E-state index >= 15 is 0 Å². The molecule has 1 amide bonds. The fourth-order valence-corrected chi connectivity index (χ4v) is 3.27.